The lowest BCUT2D eigenvalue weighted by Crippen LogP contribution is -2.54. The van der Waals surface area contributed by atoms with Crippen molar-refractivity contribution in [2.45, 2.75) is 79.9 Å². The molecule has 1 aliphatic heterocycles. The predicted octanol–water partition coefficient (Wildman–Crippen LogP) is 6.55. The maximum absolute atomic E-state index is 13.5. The molecule has 9 rings (SSSR count). The summed E-state index contributed by atoms with van der Waals surface area (Å²) in [7, 11) is 3.62. The molecule has 1 heterocycles. The summed E-state index contributed by atoms with van der Waals surface area (Å²) in [4.78, 5) is 26.3. The predicted molar refractivity (Wildman–Crippen MR) is 157 cm³/mol. The fraction of sp³-hybridized carbons (Fsp3) is 0.946. The molecule has 5 nitrogen and oxygen atoms in total. The van der Waals surface area contributed by atoms with Crippen LogP contribution in [0.25, 0.3) is 0 Å². The zero-order chi connectivity index (χ0) is 29.4. The number of hydrogen-bond acceptors (Lipinski definition) is 5. The Morgan fingerprint density at radius 1 is 0.643 bits per heavy atom. The van der Waals surface area contributed by atoms with Crippen molar-refractivity contribution in [3.63, 3.8) is 0 Å². The van der Waals surface area contributed by atoms with Crippen molar-refractivity contribution in [2.24, 2.45) is 123 Å². The zero-order valence-corrected chi connectivity index (χ0v) is 27.1. The Labute approximate surface area is 252 Å². The molecule has 8 saturated carbocycles. The van der Waals surface area contributed by atoms with Crippen LogP contribution in [0.3, 0.4) is 0 Å². The Kier molecular flexibility index (Phi) is 5.51. The third-order valence-corrected chi connectivity index (χ3v) is 17.9. The van der Waals surface area contributed by atoms with Crippen LogP contribution < -0.4 is 0 Å². The van der Waals surface area contributed by atoms with Gasteiger partial charge in [0.1, 0.15) is 0 Å². The molecule has 8 aliphatic carbocycles. The SMILES string of the molecule is COC(OC)C1CC2CC1C1C3CC(C21)C(C1C(=O)OC(=O)C1C)C3C1C(C)C2CC1C1C2C2CC1C(C)(C)C2(C)C. The number of rotatable bonds is 5. The fourth-order valence-electron chi connectivity index (χ4n) is 16.4. The fourth-order valence-corrected chi connectivity index (χ4v) is 16.4. The molecular weight excluding hydrogens is 524 g/mol. The van der Waals surface area contributed by atoms with E-state index in [1.807, 2.05) is 21.1 Å². The Balaban J connectivity index is 1.11. The molecule has 0 amide bonds. The summed E-state index contributed by atoms with van der Waals surface area (Å²) in [5, 5.41) is 0. The molecule has 0 aromatic heterocycles. The van der Waals surface area contributed by atoms with Crippen molar-refractivity contribution in [3.05, 3.63) is 0 Å². The molecule has 0 radical (unpaired) electrons. The zero-order valence-electron chi connectivity index (χ0n) is 27.1. The van der Waals surface area contributed by atoms with Crippen LogP contribution in [-0.4, -0.2) is 32.4 Å². The Morgan fingerprint density at radius 3 is 1.86 bits per heavy atom. The number of hydrogen-bond donors (Lipinski definition) is 0. The summed E-state index contributed by atoms with van der Waals surface area (Å²) in [5.74, 6) is 11.1. The maximum atomic E-state index is 13.5. The van der Waals surface area contributed by atoms with E-state index >= 15 is 0 Å². The minimum atomic E-state index is -0.288. The van der Waals surface area contributed by atoms with E-state index < -0.39 is 0 Å². The highest BCUT2D eigenvalue weighted by Crippen LogP contribution is 2.82. The third kappa shape index (κ3) is 2.88. The van der Waals surface area contributed by atoms with Crippen molar-refractivity contribution in [2.75, 3.05) is 14.2 Å². The quantitative estimate of drug-likeness (QED) is 0.160. The highest BCUT2D eigenvalue weighted by Gasteiger charge is 2.77. The van der Waals surface area contributed by atoms with Crippen LogP contribution in [0.15, 0.2) is 0 Å². The van der Waals surface area contributed by atoms with Crippen molar-refractivity contribution >= 4 is 11.9 Å². The molecule has 0 aromatic rings. The molecule has 0 N–H and O–H groups in total. The monoisotopic (exact) mass is 578 g/mol. The van der Waals surface area contributed by atoms with Gasteiger partial charge in [-0.1, -0.05) is 41.5 Å². The van der Waals surface area contributed by atoms with E-state index in [1.54, 1.807) is 0 Å². The molecule has 19 unspecified atom stereocenters. The first-order valence-electron chi connectivity index (χ1n) is 17.7. The van der Waals surface area contributed by atoms with Crippen molar-refractivity contribution in [1.29, 1.82) is 0 Å². The van der Waals surface area contributed by atoms with E-state index in [9.17, 15) is 9.59 Å². The van der Waals surface area contributed by atoms with Gasteiger partial charge in [0.15, 0.2) is 6.29 Å². The van der Waals surface area contributed by atoms with Crippen molar-refractivity contribution in [3.8, 4) is 0 Å². The van der Waals surface area contributed by atoms with E-state index in [2.05, 4.69) is 34.6 Å². The summed E-state index contributed by atoms with van der Waals surface area (Å²) in [6.07, 6.45) is 6.54. The van der Waals surface area contributed by atoms with E-state index in [1.165, 1.54) is 32.1 Å². The molecule has 1 saturated heterocycles. The number of cyclic esters (lactones) is 2. The normalized spacial score (nSPS) is 60.3. The molecule has 8 bridgehead atoms. The minimum Gasteiger partial charge on any atom is -0.393 e. The summed E-state index contributed by atoms with van der Waals surface area (Å²) < 4.78 is 17.2. The van der Waals surface area contributed by atoms with Gasteiger partial charge in [-0.05, 0) is 138 Å². The largest absolute Gasteiger partial charge is 0.393 e. The second-order valence-corrected chi connectivity index (χ2v) is 18.4. The van der Waals surface area contributed by atoms with Crippen LogP contribution >= 0.6 is 0 Å². The average molecular weight is 579 g/mol. The summed E-state index contributed by atoms with van der Waals surface area (Å²) >= 11 is 0. The molecular formula is C37H54O5. The highest BCUT2D eigenvalue weighted by atomic mass is 16.7. The maximum Gasteiger partial charge on any atom is 0.317 e. The number of carbonyl (C=O) groups excluding carboxylic acids is 2. The molecule has 42 heavy (non-hydrogen) atoms. The van der Waals surface area contributed by atoms with E-state index in [0.717, 1.165) is 53.3 Å². The van der Waals surface area contributed by atoms with Crippen molar-refractivity contribution in [1.82, 2.24) is 0 Å². The Bertz CT molecular complexity index is 1200. The molecule has 0 spiro atoms. The number of esters is 2. The molecule has 9 aliphatic rings. The number of methoxy groups -OCH3 is 2. The van der Waals surface area contributed by atoms with Crippen LogP contribution in [0.5, 0.6) is 0 Å². The summed E-state index contributed by atoms with van der Waals surface area (Å²) in [5.41, 5.74) is 0.807. The number of carbonyl (C=O) groups is 2. The molecule has 19 atom stereocenters. The van der Waals surface area contributed by atoms with Gasteiger partial charge in [-0.3, -0.25) is 9.59 Å². The van der Waals surface area contributed by atoms with E-state index in [-0.39, 0.29) is 30.1 Å². The van der Waals surface area contributed by atoms with Crippen LogP contribution in [0.2, 0.25) is 0 Å². The van der Waals surface area contributed by atoms with Gasteiger partial charge in [-0.25, -0.2) is 0 Å². The Hall–Kier alpha value is -0.940. The van der Waals surface area contributed by atoms with E-state index in [4.69, 9.17) is 14.2 Å². The summed E-state index contributed by atoms with van der Waals surface area (Å²) in [6.45, 7) is 14.9. The van der Waals surface area contributed by atoms with Gasteiger partial charge in [0.25, 0.3) is 0 Å². The van der Waals surface area contributed by atoms with Gasteiger partial charge in [-0.2, -0.15) is 0 Å². The lowest BCUT2D eigenvalue weighted by atomic mass is 9.47. The number of ether oxygens (including phenoxy) is 3. The van der Waals surface area contributed by atoms with Crippen LogP contribution in [0.1, 0.15) is 73.6 Å². The lowest BCUT2D eigenvalue weighted by Gasteiger charge is -2.57. The smallest absolute Gasteiger partial charge is 0.317 e. The molecule has 232 valence electrons. The minimum absolute atomic E-state index is 0.0985. The first-order valence-corrected chi connectivity index (χ1v) is 17.7. The molecule has 9 fully saturated rings. The molecule has 5 heteroatoms. The van der Waals surface area contributed by atoms with Gasteiger partial charge >= 0.3 is 11.9 Å². The van der Waals surface area contributed by atoms with Crippen LogP contribution in [-0.2, 0) is 23.8 Å². The van der Waals surface area contributed by atoms with Gasteiger partial charge in [0.2, 0.25) is 0 Å². The van der Waals surface area contributed by atoms with Gasteiger partial charge in [-0.15, -0.1) is 0 Å². The number of fused-ring (bicyclic) bond motifs is 18. The van der Waals surface area contributed by atoms with Gasteiger partial charge in [0, 0.05) is 20.1 Å². The van der Waals surface area contributed by atoms with Crippen LogP contribution in [0, 0.1) is 123 Å². The van der Waals surface area contributed by atoms with Crippen molar-refractivity contribution < 1.29 is 23.8 Å². The Morgan fingerprint density at radius 2 is 1.24 bits per heavy atom. The standard InChI is InChI=1S/C37H54O5/c1-14-17-11-20(30-24-13-23(29(17)30)36(3,4)37(24,5)6)25(14)31-22-12-21(32(31)26-15(2)33(38)42-34(26)39)27-16-9-18(28(22)27)19(10-16)35(40-7)41-8/h14-32,35H,9-13H2,1-8H3. The third-order valence-electron chi connectivity index (χ3n) is 17.9. The lowest BCUT2D eigenvalue weighted by molar-refractivity contribution is -0.166. The first-order chi connectivity index (χ1) is 19.9. The van der Waals surface area contributed by atoms with Crippen LogP contribution in [0.4, 0.5) is 0 Å². The highest BCUT2D eigenvalue weighted by molar-refractivity contribution is 5.96. The van der Waals surface area contributed by atoms with E-state index in [0.29, 0.717) is 58.2 Å². The molecule has 0 aromatic carbocycles. The summed E-state index contributed by atoms with van der Waals surface area (Å²) in [6, 6.07) is 0. The van der Waals surface area contributed by atoms with Gasteiger partial charge < -0.3 is 14.2 Å². The topological polar surface area (TPSA) is 61.8 Å². The van der Waals surface area contributed by atoms with Gasteiger partial charge in [0.05, 0.1) is 11.8 Å². The second-order valence-electron chi connectivity index (χ2n) is 18.4. The second kappa shape index (κ2) is 8.45. The first kappa shape index (κ1) is 27.4. The average Bonchev–Trinajstić information content (AvgIpc) is 3.77.